The Labute approximate surface area is 146 Å². The smallest absolute Gasteiger partial charge is 0.229 e. The average molecular weight is 336 g/mol. The van der Waals surface area contributed by atoms with E-state index >= 15 is 0 Å². The van der Waals surface area contributed by atoms with Crippen molar-refractivity contribution in [2.45, 2.75) is 19.9 Å². The molecule has 0 aromatic heterocycles. The maximum absolute atomic E-state index is 12.4. The summed E-state index contributed by atoms with van der Waals surface area (Å²) in [6.07, 6.45) is 0.226. The van der Waals surface area contributed by atoms with E-state index in [0.29, 0.717) is 24.3 Å². The lowest BCUT2D eigenvalue weighted by atomic mass is 10.1. The Morgan fingerprint density at radius 1 is 1.08 bits per heavy atom. The second kappa shape index (κ2) is 7.30. The van der Waals surface area contributed by atoms with Crippen molar-refractivity contribution in [3.05, 3.63) is 65.7 Å². The van der Waals surface area contributed by atoms with E-state index in [2.05, 4.69) is 5.32 Å². The van der Waals surface area contributed by atoms with E-state index in [4.69, 9.17) is 0 Å². The average Bonchev–Trinajstić information content (AvgIpc) is 2.97. The van der Waals surface area contributed by atoms with Crippen LogP contribution in [0.5, 0.6) is 0 Å². The first-order valence-corrected chi connectivity index (χ1v) is 8.26. The van der Waals surface area contributed by atoms with Crippen molar-refractivity contribution in [1.82, 2.24) is 4.90 Å². The molecule has 25 heavy (non-hydrogen) atoms. The zero-order valence-corrected chi connectivity index (χ0v) is 14.1. The number of benzene rings is 2. The van der Waals surface area contributed by atoms with Crippen molar-refractivity contribution in [2.24, 2.45) is 5.92 Å². The molecule has 0 aliphatic carbocycles. The van der Waals surface area contributed by atoms with Crippen LogP contribution >= 0.6 is 0 Å². The van der Waals surface area contributed by atoms with Gasteiger partial charge in [-0.25, -0.2) is 0 Å². The molecular weight excluding hydrogens is 316 g/mol. The fourth-order valence-corrected chi connectivity index (χ4v) is 2.94. The van der Waals surface area contributed by atoms with Gasteiger partial charge in [-0.2, -0.15) is 0 Å². The number of ketones is 1. The van der Waals surface area contributed by atoms with Crippen LogP contribution in [-0.2, 0) is 16.1 Å². The van der Waals surface area contributed by atoms with Crippen LogP contribution in [0, 0.1) is 5.92 Å². The fraction of sp³-hybridized carbons (Fsp3) is 0.250. The number of amides is 2. The third kappa shape index (κ3) is 4.12. The van der Waals surface area contributed by atoms with Crippen molar-refractivity contribution in [2.75, 3.05) is 11.9 Å². The molecule has 0 unspecified atom stereocenters. The Morgan fingerprint density at radius 2 is 1.76 bits per heavy atom. The van der Waals surface area contributed by atoms with Crippen molar-refractivity contribution >= 4 is 23.3 Å². The number of carbonyl (C=O) groups is 3. The van der Waals surface area contributed by atoms with Crippen molar-refractivity contribution < 1.29 is 14.4 Å². The van der Waals surface area contributed by atoms with Gasteiger partial charge >= 0.3 is 0 Å². The Hall–Kier alpha value is -2.95. The SMILES string of the molecule is CC(=O)c1ccc(NC(=O)[C@@H]2CC(=O)N(Cc3ccccc3)C2)cc1. The van der Waals surface area contributed by atoms with Gasteiger partial charge in [-0.1, -0.05) is 30.3 Å². The van der Waals surface area contributed by atoms with Gasteiger partial charge in [-0.3, -0.25) is 14.4 Å². The Balaban J connectivity index is 1.59. The normalized spacial score (nSPS) is 16.8. The zero-order chi connectivity index (χ0) is 17.8. The molecule has 3 rings (SSSR count). The first-order valence-electron chi connectivity index (χ1n) is 8.26. The molecule has 2 aromatic carbocycles. The van der Waals surface area contributed by atoms with E-state index in [1.807, 2.05) is 30.3 Å². The van der Waals surface area contributed by atoms with E-state index in [1.54, 1.807) is 29.2 Å². The molecule has 1 atom stereocenters. The van der Waals surface area contributed by atoms with Crippen molar-refractivity contribution in [3.63, 3.8) is 0 Å². The number of anilines is 1. The van der Waals surface area contributed by atoms with Gasteiger partial charge in [0.25, 0.3) is 0 Å². The summed E-state index contributed by atoms with van der Waals surface area (Å²) in [5.74, 6) is -0.546. The molecule has 2 aromatic rings. The summed E-state index contributed by atoms with van der Waals surface area (Å²) >= 11 is 0. The van der Waals surface area contributed by atoms with Crippen LogP contribution in [0.1, 0.15) is 29.3 Å². The molecule has 1 saturated heterocycles. The highest BCUT2D eigenvalue weighted by molar-refractivity contribution is 5.98. The molecule has 1 N–H and O–H groups in total. The minimum Gasteiger partial charge on any atom is -0.338 e. The van der Waals surface area contributed by atoms with Gasteiger partial charge in [-0.05, 0) is 36.8 Å². The molecule has 2 amide bonds. The van der Waals surface area contributed by atoms with E-state index in [1.165, 1.54) is 6.92 Å². The number of rotatable bonds is 5. The summed E-state index contributed by atoms with van der Waals surface area (Å²) < 4.78 is 0. The molecule has 5 heteroatoms. The quantitative estimate of drug-likeness (QED) is 0.854. The van der Waals surface area contributed by atoms with Crippen LogP contribution in [0.3, 0.4) is 0 Å². The molecule has 1 aliphatic rings. The van der Waals surface area contributed by atoms with Gasteiger partial charge in [0.15, 0.2) is 5.78 Å². The van der Waals surface area contributed by atoms with Crippen molar-refractivity contribution in [3.8, 4) is 0 Å². The predicted octanol–water partition coefficient (Wildman–Crippen LogP) is 2.88. The molecule has 0 saturated carbocycles. The topological polar surface area (TPSA) is 66.5 Å². The Kier molecular flexibility index (Phi) is 4.93. The van der Waals surface area contributed by atoms with Crippen molar-refractivity contribution in [1.29, 1.82) is 0 Å². The van der Waals surface area contributed by atoms with Crippen LogP contribution in [0.2, 0.25) is 0 Å². The summed E-state index contributed by atoms with van der Waals surface area (Å²) in [4.78, 5) is 37.6. The van der Waals surface area contributed by atoms with E-state index in [0.717, 1.165) is 5.56 Å². The largest absolute Gasteiger partial charge is 0.338 e. The first-order chi connectivity index (χ1) is 12.0. The number of hydrogen-bond donors (Lipinski definition) is 1. The molecule has 1 aliphatic heterocycles. The van der Waals surface area contributed by atoms with E-state index in [-0.39, 0.29) is 29.9 Å². The molecule has 5 nitrogen and oxygen atoms in total. The van der Waals surface area contributed by atoms with Crippen LogP contribution in [0.25, 0.3) is 0 Å². The summed E-state index contributed by atoms with van der Waals surface area (Å²) in [6, 6.07) is 16.5. The maximum atomic E-state index is 12.4. The summed E-state index contributed by atoms with van der Waals surface area (Å²) in [5.41, 5.74) is 2.28. The van der Waals surface area contributed by atoms with Gasteiger partial charge in [0.1, 0.15) is 0 Å². The number of carbonyl (C=O) groups excluding carboxylic acids is 3. The minimum absolute atomic E-state index is 0.00377. The predicted molar refractivity (Wildman–Crippen MR) is 95.0 cm³/mol. The Bertz CT molecular complexity index is 784. The zero-order valence-electron chi connectivity index (χ0n) is 14.1. The number of nitrogens with one attached hydrogen (secondary N) is 1. The summed E-state index contributed by atoms with van der Waals surface area (Å²) in [5, 5.41) is 2.83. The number of nitrogens with zero attached hydrogens (tertiary/aromatic N) is 1. The maximum Gasteiger partial charge on any atom is 0.229 e. The standard InChI is InChI=1S/C20H20N2O3/c1-14(23)16-7-9-18(10-8-16)21-20(25)17-11-19(24)22(13-17)12-15-5-3-2-4-6-15/h2-10,17H,11-13H2,1H3,(H,21,25)/t17-/m1/s1. The number of Topliss-reactive ketones (excluding diaryl/α,β-unsaturated/α-hetero) is 1. The van der Waals surface area contributed by atoms with Gasteiger partial charge in [0, 0.05) is 30.8 Å². The third-order valence-electron chi connectivity index (χ3n) is 4.36. The fourth-order valence-electron chi connectivity index (χ4n) is 2.94. The van der Waals surface area contributed by atoms with E-state index < -0.39 is 0 Å². The lowest BCUT2D eigenvalue weighted by Gasteiger charge is -2.16. The molecule has 0 radical (unpaired) electrons. The van der Waals surface area contributed by atoms with E-state index in [9.17, 15) is 14.4 Å². The van der Waals surface area contributed by atoms with Crippen LogP contribution < -0.4 is 5.32 Å². The van der Waals surface area contributed by atoms with Crippen LogP contribution in [0.15, 0.2) is 54.6 Å². The van der Waals surface area contributed by atoms with Crippen LogP contribution in [0.4, 0.5) is 5.69 Å². The molecular formula is C20H20N2O3. The lowest BCUT2D eigenvalue weighted by molar-refractivity contribution is -0.128. The highest BCUT2D eigenvalue weighted by Crippen LogP contribution is 2.22. The molecule has 1 heterocycles. The second-order valence-electron chi connectivity index (χ2n) is 6.28. The minimum atomic E-state index is -0.358. The first kappa shape index (κ1) is 16.9. The highest BCUT2D eigenvalue weighted by Gasteiger charge is 2.34. The number of hydrogen-bond acceptors (Lipinski definition) is 3. The molecule has 0 bridgehead atoms. The van der Waals surface area contributed by atoms with Gasteiger partial charge in [-0.15, -0.1) is 0 Å². The van der Waals surface area contributed by atoms with Gasteiger partial charge in [0.2, 0.25) is 11.8 Å². The highest BCUT2D eigenvalue weighted by atomic mass is 16.2. The second-order valence-corrected chi connectivity index (χ2v) is 6.28. The van der Waals surface area contributed by atoms with Gasteiger partial charge in [0.05, 0.1) is 5.92 Å². The molecule has 1 fully saturated rings. The van der Waals surface area contributed by atoms with Gasteiger partial charge < -0.3 is 10.2 Å². The Morgan fingerprint density at radius 3 is 2.40 bits per heavy atom. The van der Waals surface area contributed by atoms with Crippen LogP contribution in [-0.4, -0.2) is 29.0 Å². The lowest BCUT2D eigenvalue weighted by Crippen LogP contribution is -2.28. The summed E-state index contributed by atoms with van der Waals surface area (Å²) in [7, 11) is 0. The summed E-state index contributed by atoms with van der Waals surface area (Å²) in [6.45, 7) is 2.45. The monoisotopic (exact) mass is 336 g/mol. The molecule has 0 spiro atoms. The third-order valence-corrected chi connectivity index (χ3v) is 4.36. The number of likely N-dealkylation sites (tertiary alicyclic amines) is 1. The molecule has 128 valence electrons.